The predicted octanol–water partition coefficient (Wildman–Crippen LogP) is 3.32. The zero-order chi connectivity index (χ0) is 12.1. The summed E-state index contributed by atoms with van der Waals surface area (Å²) in [4.78, 5) is 0. The monoisotopic (exact) mass is 241 g/mol. The van der Waals surface area contributed by atoms with Gasteiger partial charge in [0.25, 0.3) is 0 Å². The second kappa shape index (κ2) is 6.24. The van der Waals surface area contributed by atoms with Gasteiger partial charge in [-0.25, -0.2) is 0 Å². The lowest BCUT2D eigenvalue weighted by molar-refractivity contribution is 0.174. The van der Waals surface area contributed by atoms with Crippen LogP contribution in [0.4, 0.5) is 0 Å². The van der Waals surface area contributed by atoms with Gasteiger partial charge in [0.05, 0.1) is 0 Å². The van der Waals surface area contributed by atoms with Crippen molar-refractivity contribution in [1.29, 1.82) is 0 Å². The quantitative estimate of drug-likeness (QED) is 0.858. The third-order valence-corrected chi connectivity index (χ3v) is 3.38. The Hall–Kier alpha value is -0.570. The van der Waals surface area contributed by atoms with Crippen molar-refractivity contribution in [2.75, 3.05) is 13.7 Å². The fourth-order valence-corrected chi connectivity index (χ4v) is 1.80. The van der Waals surface area contributed by atoms with Gasteiger partial charge >= 0.3 is 0 Å². The van der Waals surface area contributed by atoms with Crippen molar-refractivity contribution in [3.8, 4) is 0 Å². The average Bonchev–Trinajstić information content (AvgIpc) is 2.28. The van der Waals surface area contributed by atoms with Crippen molar-refractivity contribution >= 4 is 11.6 Å². The molecule has 0 spiro atoms. The molecule has 0 aliphatic rings. The van der Waals surface area contributed by atoms with Crippen molar-refractivity contribution in [2.45, 2.75) is 26.3 Å². The first-order valence-corrected chi connectivity index (χ1v) is 5.94. The maximum absolute atomic E-state index is 6.20. The number of hydrogen-bond acceptors (Lipinski definition) is 2. The van der Waals surface area contributed by atoms with Gasteiger partial charge in [-0.05, 0) is 36.5 Å². The van der Waals surface area contributed by atoms with Gasteiger partial charge in [0.2, 0.25) is 0 Å². The molecule has 2 N–H and O–H groups in total. The first-order valence-electron chi connectivity index (χ1n) is 5.56. The molecule has 0 amide bonds. The van der Waals surface area contributed by atoms with Gasteiger partial charge in [0, 0.05) is 24.8 Å². The Bertz CT molecular complexity index is 341. The fourth-order valence-electron chi connectivity index (χ4n) is 1.69. The molecule has 0 radical (unpaired) electrons. The second-order valence-electron chi connectivity index (χ2n) is 4.29. The molecule has 2 unspecified atom stereocenters. The van der Waals surface area contributed by atoms with Crippen LogP contribution in [-0.4, -0.2) is 13.7 Å². The normalized spacial score (nSPS) is 14.8. The van der Waals surface area contributed by atoms with Crippen LogP contribution in [0.2, 0.25) is 5.02 Å². The van der Waals surface area contributed by atoms with Gasteiger partial charge in [0.1, 0.15) is 0 Å². The Labute approximate surface area is 103 Å². The number of ether oxygens (including phenoxy) is 1. The highest BCUT2D eigenvalue weighted by atomic mass is 35.5. The predicted molar refractivity (Wildman–Crippen MR) is 68.8 cm³/mol. The van der Waals surface area contributed by atoms with Crippen LogP contribution in [-0.2, 0) is 4.74 Å². The maximum atomic E-state index is 6.20. The number of benzene rings is 1. The van der Waals surface area contributed by atoms with Gasteiger partial charge in [-0.1, -0.05) is 30.7 Å². The zero-order valence-corrected chi connectivity index (χ0v) is 10.9. The molecule has 1 aromatic carbocycles. The number of halogens is 1. The molecule has 0 saturated carbocycles. The highest BCUT2D eigenvalue weighted by molar-refractivity contribution is 6.31. The summed E-state index contributed by atoms with van der Waals surface area (Å²) in [5.41, 5.74) is 8.42. The van der Waals surface area contributed by atoms with Crippen LogP contribution >= 0.6 is 11.6 Å². The van der Waals surface area contributed by atoms with Crippen LogP contribution in [0.15, 0.2) is 18.2 Å². The van der Waals surface area contributed by atoms with Crippen molar-refractivity contribution in [3.05, 3.63) is 34.3 Å². The van der Waals surface area contributed by atoms with Crippen molar-refractivity contribution in [1.82, 2.24) is 0 Å². The number of methoxy groups -OCH3 is 1. The molecule has 2 atom stereocenters. The first kappa shape index (κ1) is 13.5. The van der Waals surface area contributed by atoms with E-state index < -0.39 is 0 Å². The molecule has 1 aromatic rings. The van der Waals surface area contributed by atoms with E-state index in [1.165, 1.54) is 0 Å². The summed E-state index contributed by atoms with van der Waals surface area (Å²) in [6.07, 6.45) is 0.972. The second-order valence-corrected chi connectivity index (χ2v) is 4.70. The average molecular weight is 242 g/mol. The Morgan fingerprint density at radius 3 is 2.69 bits per heavy atom. The lowest BCUT2D eigenvalue weighted by atomic mass is 9.92. The summed E-state index contributed by atoms with van der Waals surface area (Å²) >= 11 is 5.99. The molecule has 0 bridgehead atoms. The number of hydrogen-bond donors (Lipinski definition) is 1. The van der Waals surface area contributed by atoms with Gasteiger partial charge in [-0.15, -0.1) is 0 Å². The minimum absolute atomic E-state index is 0.0473. The van der Waals surface area contributed by atoms with E-state index in [4.69, 9.17) is 22.1 Å². The molecule has 0 aliphatic carbocycles. The van der Waals surface area contributed by atoms with E-state index in [0.29, 0.717) is 5.92 Å². The Kier molecular flexibility index (Phi) is 5.26. The number of nitrogens with two attached hydrogens (primary N) is 1. The van der Waals surface area contributed by atoms with Crippen LogP contribution in [0, 0.1) is 12.8 Å². The lowest BCUT2D eigenvalue weighted by Crippen LogP contribution is -2.20. The highest BCUT2D eigenvalue weighted by Gasteiger charge is 2.15. The van der Waals surface area contributed by atoms with E-state index >= 15 is 0 Å². The molecule has 2 nitrogen and oxygen atoms in total. The van der Waals surface area contributed by atoms with Crippen molar-refractivity contribution in [2.24, 2.45) is 11.7 Å². The molecule has 90 valence electrons. The number of rotatable bonds is 5. The minimum Gasteiger partial charge on any atom is -0.385 e. The maximum Gasteiger partial charge on any atom is 0.0465 e. The largest absolute Gasteiger partial charge is 0.385 e. The molecule has 1 rings (SSSR count). The SMILES string of the molecule is COCCC(C)C(N)c1ccc(Cl)c(C)c1. The summed E-state index contributed by atoms with van der Waals surface area (Å²) in [5, 5.41) is 0.792. The summed E-state index contributed by atoms with van der Waals surface area (Å²) in [6, 6.07) is 6.03. The highest BCUT2D eigenvalue weighted by Crippen LogP contribution is 2.25. The van der Waals surface area contributed by atoms with Crippen molar-refractivity contribution in [3.63, 3.8) is 0 Å². The molecule has 16 heavy (non-hydrogen) atoms. The molecule has 0 saturated heterocycles. The van der Waals surface area contributed by atoms with E-state index in [1.807, 2.05) is 19.1 Å². The lowest BCUT2D eigenvalue weighted by Gasteiger charge is -2.20. The van der Waals surface area contributed by atoms with Crippen LogP contribution in [0.25, 0.3) is 0 Å². The topological polar surface area (TPSA) is 35.2 Å². The smallest absolute Gasteiger partial charge is 0.0465 e. The molecule has 0 aliphatic heterocycles. The van der Waals surface area contributed by atoms with Crippen LogP contribution in [0.1, 0.15) is 30.5 Å². The molecule has 3 heteroatoms. The fraction of sp³-hybridized carbons (Fsp3) is 0.538. The summed E-state index contributed by atoms with van der Waals surface area (Å²) in [6.45, 7) is 4.90. The summed E-state index contributed by atoms with van der Waals surface area (Å²) in [5.74, 6) is 0.403. The van der Waals surface area contributed by atoms with Crippen LogP contribution < -0.4 is 5.73 Å². The Balaban J connectivity index is 2.71. The van der Waals surface area contributed by atoms with Gasteiger partial charge in [0.15, 0.2) is 0 Å². The van der Waals surface area contributed by atoms with E-state index in [1.54, 1.807) is 7.11 Å². The molecular weight excluding hydrogens is 222 g/mol. The van der Waals surface area contributed by atoms with Gasteiger partial charge < -0.3 is 10.5 Å². The zero-order valence-electron chi connectivity index (χ0n) is 10.2. The van der Waals surface area contributed by atoms with Gasteiger partial charge in [-0.3, -0.25) is 0 Å². The molecule has 0 aromatic heterocycles. The molecular formula is C13H20ClNO. The van der Waals surface area contributed by atoms with Crippen LogP contribution in [0.5, 0.6) is 0 Å². The van der Waals surface area contributed by atoms with E-state index in [2.05, 4.69) is 13.0 Å². The van der Waals surface area contributed by atoms with Crippen LogP contribution in [0.3, 0.4) is 0 Å². The molecule has 0 heterocycles. The Morgan fingerprint density at radius 2 is 2.12 bits per heavy atom. The first-order chi connectivity index (χ1) is 7.56. The minimum atomic E-state index is 0.0473. The van der Waals surface area contributed by atoms with E-state index in [0.717, 1.165) is 29.2 Å². The standard InChI is InChI=1S/C13H20ClNO/c1-9(6-7-16-3)13(15)11-4-5-12(14)10(2)8-11/h4-5,8-9,13H,6-7,15H2,1-3H3. The van der Waals surface area contributed by atoms with Gasteiger partial charge in [-0.2, -0.15) is 0 Å². The summed E-state index contributed by atoms with van der Waals surface area (Å²) in [7, 11) is 1.71. The molecule has 0 fully saturated rings. The summed E-state index contributed by atoms with van der Waals surface area (Å²) < 4.78 is 5.06. The Morgan fingerprint density at radius 1 is 1.44 bits per heavy atom. The third kappa shape index (κ3) is 3.48. The third-order valence-electron chi connectivity index (χ3n) is 2.96. The number of aryl methyl sites for hydroxylation is 1. The van der Waals surface area contributed by atoms with E-state index in [-0.39, 0.29) is 6.04 Å². The van der Waals surface area contributed by atoms with Crippen molar-refractivity contribution < 1.29 is 4.74 Å². The van der Waals surface area contributed by atoms with E-state index in [9.17, 15) is 0 Å².